The van der Waals surface area contributed by atoms with Gasteiger partial charge in [0.25, 0.3) is 0 Å². The maximum Gasteiger partial charge on any atom is 0.325 e. The van der Waals surface area contributed by atoms with Gasteiger partial charge in [-0.15, -0.1) is 11.8 Å². The molecule has 0 amide bonds. The van der Waals surface area contributed by atoms with Crippen LogP contribution in [0.3, 0.4) is 0 Å². The molecule has 1 aromatic rings. The van der Waals surface area contributed by atoms with Gasteiger partial charge in [0.2, 0.25) is 0 Å². The van der Waals surface area contributed by atoms with Crippen molar-refractivity contribution in [2.45, 2.75) is 30.2 Å². The van der Waals surface area contributed by atoms with Crippen LogP contribution in [0, 0.1) is 5.92 Å². The van der Waals surface area contributed by atoms with Crippen LogP contribution < -0.4 is 5.32 Å². The van der Waals surface area contributed by atoms with Crippen molar-refractivity contribution >= 4 is 29.3 Å². The minimum Gasteiger partial charge on any atom is -0.480 e. The van der Waals surface area contributed by atoms with Gasteiger partial charge in [0, 0.05) is 10.6 Å². The number of carboxylic acid groups (broad SMARTS) is 1. The number of rotatable bonds is 7. The number of thioether (sulfide) groups is 1. The van der Waals surface area contributed by atoms with Gasteiger partial charge in [-0.05, 0) is 37.4 Å². The lowest BCUT2D eigenvalue weighted by Gasteiger charge is -2.30. The summed E-state index contributed by atoms with van der Waals surface area (Å²) in [5.74, 6) is -0.0127. The van der Waals surface area contributed by atoms with Crippen molar-refractivity contribution in [3.05, 3.63) is 29.3 Å². The Morgan fingerprint density at radius 3 is 2.74 bits per heavy atom. The van der Waals surface area contributed by atoms with Crippen molar-refractivity contribution in [3.8, 4) is 0 Å². The second kappa shape index (κ2) is 6.16. The Morgan fingerprint density at radius 1 is 1.53 bits per heavy atom. The SMILES string of the molecule is CCNC(CSc1ccccc1Cl)(C(=O)O)C1CC1. The van der Waals surface area contributed by atoms with Gasteiger partial charge in [-0.1, -0.05) is 30.7 Å². The highest BCUT2D eigenvalue weighted by Crippen LogP contribution is 2.43. The van der Waals surface area contributed by atoms with Gasteiger partial charge in [-0.2, -0.15) is 0 Å². The van der Waals surface area contributed by atoms with Crippen LogP contribution in [-0.2, 0) is 4.79 Å². The zero-order valence-electron chi connectivity index (χ0n) is 10.9. The minimum absolute atomic E-state index is 0.236. The quantitative estimate of drug-likeness (QED) is 0.759. The Bertz CT molecular complexity index is 465. The molecule has 1 aliphatic rings. The highest BCUT2D eigenvalue weighted by molar-refractivity contribution is 7.99. The van der Waals surface area contributed by atoms with Crippen LogP contribution in [0.5, 0.6) is 0 Å². The summed E-state index contributed by atoms with van der Waals surface area (Å²) in [6.45, 7) is 2.60. The summed E-state index contributed by atoms with van der Waals surface area (Å²) >= 11 is 7.63. The minimum atomic E-state index is -0.821. The fourth-order valence-corrected chi connectivity index (χ4v) is 3.79. The number of likely N-dealkylation sites (N-methyl/N-ethyl adjacent to an activating group) is 1. The number of nitrogens with one attached hydrogen (secondary N) is 1. The Labute approximate surface area is 122 Å². The normalized spacial score (nSPS) is 18.0. The predicted octanol–water partition coefficient (Wildman–Crippen LogP) is 3.28. The molecule has 0 aromatic heterocycles. The summed E-state index contributed by atoms with van der Waals surface area (Å²) in [6.07, 6.45) is 1.98. The Hall–Kier alpha value is -0.710. The number of hydrogen-bond donors (Lipinski definition) is 2. The molecule has 0 heterocycles. The van der Waals surface area contributed by atoms with Crippen molar-refractivity contribution in [3.63, 3.8) is 0 Å². The standard InChI is InChI=1S/C14H18ClNO2S/c1-2-16-14(13(17)18,10-7-8-10)9-19-12-6-4-3-5-11(12)15/h3-6,10,16H,2,7-9H2,1H3,(H,17,18). The molecular formula is C14H18ClNO2S. The third-order valence-electron chi connectivity index (χ3n) is 3.44. The molecule has 1 saturated carbocycles. The van der Waals surface area contributed by atoms with E-state index in [2.05, 4.69) is 5.32 Å². The fourth-order valence-electron chi connectivity index (χ4n) is 2.27. The first-order valence-corrected chi connectivity index (χ1v) is 7.82. The van der Waals surface area contributed by atoms with Gasteiger partial charge < -0.3 is 10.4 Å². The first-order chi connectivity index (χ1) is 9.10. The summed E-state index contributed by atoms with van der Waals surface area (Å²) < 4.78 is 0. The van der Waals surface area contributed by atoms with E-state index >= 15 is 0 Å². The fraction of sp³-hybridized carbons (Fsp3) is 0.500. The lowest BCUT2D eigenvalue weighted by molar-refractivity contribution is -0.144. The average molecular weight is 300 g/mol. The molecule has 1 fully saturated rings. The lowest BCUT2D eigenvalue weighted by Crippen LogP contribution is -2.56. The van der Waals surface area contributed by atoms with Crippen LogP contribution in [-0.4, -0.2) is 28.9 Å². The molecule has 2 N–H and O–H groups in total. The van der Waals surface area contributed by atoms with Crippen LogP contribution in [0.1, 0.15) is 19.8 Å². The Balaban J connectivity index is 2.12. The highest BCUT2D eigenvalue weighted by Gasteiger charge is 2.50. The van der Waals surface area contributed by atoms with Gasteiger partial charge in [0.05, 0.1) is 5.02 Å². The predicted molar refractivity (Wildman–Crippen MR) is 78.9 cm³/mol. The number of carboxylic acids is 1. The lowest BCUT2D eigenvalue weighted by atomic mass is 9.96. The first-order valence-electron chi connectivity index (χ1n) is 6.46. The van der Waals surface area contributed by atoms with Crippen molar-refractivity contribution in [2.24, 2.45) is 5.92 Å². The van der Waals surface area contributed by atoms with Crippen molar-refractivity contribution < 1.29 is 9.90 Å². The summed E-state index contributed by atoms with van der Waals surface area (Å²) in [6, 6.07) is 7.55. The molecular weight excluding hydrogens is 282 g/mol. The van der Waals surface area contributed by atoms with Gasteiger partial charge in [-0.3, -0.25) is 4.79 Å². The molecule has 1 unspecified atom stereocenters. The molecule has 3 nitrogen and oxygen atoms in total. The maximum atomic E-state index is 11.7. The number of aliphatic carboxylic acids is 1. The summed E-state index contributed by atoms with van der Waals surface area (Å²) in [4.78, 5) is 12.6. The van der Waals surface area contributed by atoms with Gasteiger partial charge in [0.15, 0.2) is 0 Å². The van der Waals surface area contributed by atoms with Gasteiger partial charge in [0.1, 0.15) is 5.54 Å². The molecule has 0 saturated heterocycles. The van der Waals surface area contributed by atoms with E-state index in [0.717, 1.165) is 17.7 Å². The smallest absolute Gasteiger partial charge is 0.325 e. The van der Waals surface area contributed by atoms with E-state index < -0.39 is 11.5 Å². The molecule has 104 valence electrons. The van der Waals surface area contributed by atoms with E-state index in [1.165, 1.54) is 11.8 Å². The number of benzene rings is 1. The van der Waals surface area contributed by atoms with E-state index in [-0.39, 0.29) is 5.92 Å². The summed E-state index contributed by atoms with van der Waals surface area (Å²) in [7, 11) is 0. The molecule has 5 heteroatoms. The third kappa shape index (κ3) is 3.25. The first kappa shape index (κ1) is 14.7. The van der Waals surface area contributed by atoms with Crippen molar-refractivity contribution in [1.82, 2.24) is 5.32 Å². The number of carbonyl (C=O) groups is 1. The molecule has 0 bridgehead atoms. The maximum absolute atomic E-state index is 11.7. The van der Waals surface area contributed by atoms with Crippen LogP contribution >= 0.6 is 23.4 Å². The van der Waals surface area contributed by atoms with Crippen LogP contribution in [0.15, 0.2) is 29.2 Å². The molecule has 19 heavy (non-hydrogen) atoms. The second-order valence-electron chi connectivity index (χ2n) is 4.80. The van der Waals surface area contributed by atoms with Crippen LogP contribution in [0.2, 0.25) is 5.02 Å². The van der Waals surface area contributed by atoms with Crippen LogP contribution in [0.25, 0.3) is 0 Å². The summed E-state index contributed by atoms with van der Waals surface area (Å²) in [5, 5.41) is 13.5. The molecule has 0 radical (unpaired) electrons. The molecule has 2 rings (SSSR count). The molecule has 0 aliphatic heterocycles. The van der Waals surface area contributed by atoms with E-state index in [0.29, 0.717) is 17.3 Å². The Kier molecular flexibility index (Phi) is 4.76. The summed E-state index contributed by atoms with van der Waals surface area (Å²) in [5.41, 5.74) is -0.821. The third-order valence-corrected chi connectivity index (χ3v) is 5.15. The van der Waals surface area contributed by atoms with E-state index in [4.69, 9.17) is 11.6 Å². The van der Waals surface area contributed by atoms with Crippen molar-refractivity contribution in [1.29, 1.82) is 0 Å². The zero-order valence-corrected chi connectivity index (χ0v) is 12.4. The molecule has 1 atom stereocenters. The monoisotopic (exact) mass is 299 g/mol. The molecule has 1 aliphatic carbocycles. The second-order valence-corrected chi connectivity index (χ2v) is 6.22. The molecule has 0 spiro atoms. The zero-order chi connectivity index (χ0) is 13.9. The van der Waals surface area contributed by atoms with Crippen molar-refractivity contribution in [2.75, 3.05) is 12.3 Å². The topological polar surface area (TPSA) is 49.3 Å². The molecule has 1 aromatic carbocycles. The largest absolute Gasteiger partial charge is 0.480 e. The number of hydrogen-bond acceptors (Lipinski definition) is 3. The Morgan fingerprint density at radius 2 is 2.21 bits per heavy atom. The van der Waals surface area contributed by atoms with E-state index in [9.17, 15) is 9.90 Å². The van der Waals surface area contributed by atoms with E-state index in [1.807, 2.05) is 31.2 Å². The van der Waals surface area contributed by atoms with E-state index in [1.54, 1.807) is 0 Å². The average Bonchev–Trinajstić information content (AvgIpc) is 3.20. The van der Waals surface area contributed by atoms with Gasteiger partial charge >= 0.3 is 5.97 Å². The highest BCUT2D eigenvalue weighted by atomic mass is 35.5. The number of halogens is 1. The van der Waals surface area contributed by atoms with Crippen LogP contribution in [0.4, 0.5) is 0 Å². The van der Waals surface area contributed by atoms with Gasteiger partial charge in [-0.25, -0.2) is 0 Å².